The first kappa shape index (κ1) is 11.1. The van der Waals surface area contributed by atoms with Crippen LogP contribution in [0.15, 0.2) is 0 Å². The molecular weight excluding hydrogens is 174 g/mol. The first-order chi connectivity index (χ1) is 6.77. The molecule has 1 aliphatic rings. The number of hydrogen-bond acceptors (Lipinski definition) is 1. The third-order valence-corrected chi connectivity index (χ3v) is 2.56. The largest absolute Gasteiger partial charge is 0.341 e. The minimum atomic E-state index is 0.271. The zero-order valence-corrected chi connectivity index (χ0v) is 9.18. The number of hydrogen-bond donors (Lipinski definition) is 0. The molecule has 1 atom stereocenters. The molecule has 0 saturated carbocycles. The average molecular weight is 193 g/mol. The van der Waals surface area contributed by atoms with E-state index < -0.39 is 0 Å². The maximum absolute atomic E-state index is 11.5. The summed E-state index contributed by atoms with van der Waals surface area (Å²) in [5.74, 6) is 7.03. The highest BCUT2D eigenvalue weighted by Gasteiger charge is 2.20. The molecule has 1 saturated heterocycles. The zero-order chi connectivity index (χ0) is 10.4. The Kier molecular flexibility index (Phi) is 4.52. The molecule has 14 heavy (non-hydrogen) atoms. The van der Waals surface area contributed by atoms with Crippen LogP contribution < -0.4 is 0 Å². The number of likely N-dealkylation sites (tertiary alicyclic amines) is 1. The van der Waals surface area contributed by atoms with Gasteiger partial charge in [0.15, 0.2) is 0 Å². The lowest BCUT2D eigenvalue weighted by atomic mass is 9.98. The summed E-state index contributed by atoms with van der Waals surface area (Å²) in [5, 5.41) is 0. The topological polar surface area (TPSA) is 20.3 Å². The summed E-state index contributed by atoms with van der Waals surface area (Å²) < 4.78 is 0. The molecule has 1 amide bonds. The lowest BCUT2D eigenvalue weighted by Gasteiger charge is -2.30. The molecule has 1 unspecified atom stereocenters. The van der Waals surface area contributed by atoms with E-state index in [1.807, 2.05) is 11.8 Å². The molecule has 1 fully saturated rings. The summed E-state index contributed by atoms with van der Waals surface area (Å²) in [5.41, 5.74) is 0. The molecule has 0 spiro atoms. The Bertz CT molecular complexity index is 249. The number of carbonyl (C=O) groups excluding carboxylic acids is 1. The van der Waals surface area contributed by atoms with Crippen LogP contribution >= 0.6 is 0 Å². The van der Waals surface area contributed by atoms with Gasteiger partial charge in [-0.2, -0.15) is 0 Å². The number of amides is 1. The van der Waals surface area contributed by atoms with Crippen molar-refractivity contribution >= 4 is 5.91 Å². The molecule has 0 aromatic heterocycles. The van der Waals surface area contributed by atoms with E-state index in [-0.39, 0.29) is 5.91 Å². The van der Waals surface area contributed by atoms with Crippen LogP contribution in [0.25, 0.3) is 0 Å². The quantitative estimate of drug-likeness (QED) is 0.584. The fourth-order valence-corrected chi connectivity index (χ4v) is 1.79. The Morgan fingerprint density at radius 3 is 2.93 bits per heavy atom. The van der Waals surface area contributed by atoms with Gasteiger partial charge in [0, 0.05) is 31.8 Å². The summed E-state index contributed by atoms with van der Waals surface area (Å²) >= 11 is 0. The summed E-state index contributed by atoms with van der Waals surface area (Å²) in [6.45, 7) is 5.76. The SMILES string of the molecule is CCC#CC1CCCN(C(=O)CC)C1. The molecule has 0 aliphatic carbocycles. The van der Waals surface area contributed by atoms with Gasteiger partial charge in [-0.1, -0.05) is 19.8 Å². The van der Waals surface area contributed by atoms with Crippen molar-refractivity contribution in [2.24, 2.45) is 5.92 Å². The fraction of sp³-hybridized carbons (Fsp3) is 0.750. The molecule has 1 aliphatic heterocycles. The number of piperidine rings is 1. The highest BCUT2D eigenvalue weighted by atomic mass is 16.2. The molecule has 2 nitrogen and oxygen atoms in total. The summed E-state index contributed by atoms with van der Waals surface area (Å²) in [6.07, 6.45) is 3.79. The number of carbonyl (C=O) groups is 1. The second-order valence-electron chi connectivity index (χ2n) is 3.71. The highest BCUT2D eigenvalue weighted by Crippen LogP contribution is 2.16. The van der Waals surface area contributed by atoms with Crippen LogP contribution in [0.5, 0.6) is 0 Å². The van der Waals surface area contributed by atoms with E-state index in [4.69, 9.17) is 0 Å². The molecule has 0 N–H and O–H groups in total. The van der Waals surface area contributed by atoms with E-state index in [1.165, 1.54) is 0 Å². The van der Waals surface area contributed by atoms with Gasteiger partial charge in [-0.05, 0) is 12.8 Å². The first-order valence-electron chi connectivity index (χ1n) is 5.54. The monoisotopic (exact) mass is 193 g/mol. The number of rotatable bonds is 1. The predicted molar refractivity (Wildman–Crippen MR) is 57.7 cm³/mol. The van der Waals surface area contributed by atoms with Crippen LogP contribution in [-0.4, -0.2) is 23.9 Å². The van der Waals surface area contributed by atoms with Crippen LogP contribution in [-0.2, 0) is 4.79 Å². The first-order valence-corrected chi connectivity index (χ1v) is 5.54. The standard InChI is InChI=1S/C12H19NO/c1-3-5-7-11-8-6-9-13(10-11)12(14)4-2/h11H,3-4,6,8-10H2,1-2H3. The smallest absolute Gasteiger partial charge is 0.222 e. The van der Waals surface area contributed by atoms with E-state index in [0.29, 0.717) is 12.3 Å². The van der Waals surface area contributed by atoms with Crippen LogP contribution in [0, 0.1) is 17.8 Å². The van der Waals surface area contributed by atoms with Crippen molar-refractivity contribution in [3.63, 3.8) is 0 Å². The van der Waals surface area contributed by atoms with Gasteiger partial charge in [-0.15, -0.1) is 5.92 Å². The van der Waals surface area contributed by atoms with Crippen LogP contribution in [0.3, 0.4) is 0 Å². The molecule has 1 rings (SSSR count). The summed E-state index contributed by atoms with van der Waals surface area (Å²) in [4.78, 5) is 13.4. The summed E-state index contributed by atoms with van der Waals surface area (Å²) in [6, 6.07) is 0. The van der Waals surface area contributed by atoms with Crippen molar-refractivity contribution in [2.75, 3.05) is 13.1 Å². The van der Waals surface area contributed by atoms with E-state index in [2.05, 4.69) is 18.8 Å². The third-order valence-electron chi connectivity index (χ3n) is 2.56. The normalized spacial score (nSPS) is 21.3. The van der Waals surface area contributed by atoms with Gasteiger partial charge in [0.05, 0.1) is 0 Å². The van der Waals surface area contributed by atoms with Crippen molar-refractivity contribution < 1.29 is 4.79 Å². The van der Waals surface area contributed by atoms with Gasteiger partial charge in [-0.3, -0.25) is 4.79 Å². The van der Waals surface area contributed by atoms with Gasteiger partial charge in [0.1, 0.15) is 0 Å². The van der Waals surface area contributed by atoms with E-state index in [0.717, 1.165) is 32.4 Å². The predicted octanol–water partition coefficient (Wildman–Crippen LogP) is 2.05. The lowest BCUT2D eigenvalue weighted by molar-refractivity contribution is -0.132. The number of nitrogens with zero attached hydrogens (tertiary/aromatic N) is 1. The molecule has 78 valence electrons. The van der Waals surface area contributed by atoms with E-state index in [1.54, 1.807) is 0 Å². The van der Waals surface area contributed by atoms with Crippen molar-refractivity contribution in [1.82, 2.24) is 4.90 Å². The van der Waals surface area contributed by atoms with Gasteiger partial charge in [0.2, 0.25) is 5.91 Å². The van der Waals surface area contributed by atoms with Gasteiger partial charge >= 0.3 is 0 Å². The van der Waals surface area contributed by atoms with Crippen LogP contribution in [0.2, 0.25) is 0 Å². The molecule has 0 bridgehead atoms. The maximum atomic E-state index is 11.5. The Morgan fingerprint density at radius 1 is 1.50 bits per heavy atom. The minimum absolute atomic E-state index is 0.271. The Labute approximate surface area is 86.7 Å². The van der Waals surface area contributed by atoms with Gasteiger partial charge in [0.25, 0.3) is 0 Å². The Morgan fingerprint density at radius 2 is 2.29 bits per heavy atom. The molecule has 2 heteroatoms. The second-order valence-corrected chi connectivity index (χ2v) is 3.71. The van der Waals surface area contributed by atoms with Gasteiger partial charge in [-0.25, -0.2) is 0 Å². The molecule has 0 aromatic carbocycles. The minimum Gasteiger partial charge on any atom is -0.341 e. The molecule has 0 aromatic rings. The maximum Gasteiger partial charge on any atom is 0.222 e. The fourth-order valence-electron chi connectivity index (χ4n) is 1.79. The van der Waals surface area contributed by atoms with Crippen molar-refractivity contribution in [3.8, 4) is 11.8 Å². The van der Waals surface area contributed by atoms with Crippen LogP contribution in [0.1, 0.15) is 39.5 Å². The highest BCUT2D eigenvalue weighted by molar-refractivity contribution is 5.75. The van der Waals surface area contributed by atoms with Crippen molar-refractivity contribution in [2.45, 2.75) is 39.5 Å². The van der Waals surface area contributed by atoms with Crippen molar-refractivity contribution in [3.05, 3.63) is 0 Å². The average Bonchev–Trinajstić information content (AvgIpc) is 2.25. The third kappa shape index (κ3) is 3.06. The molecule has 0 radical (unpaired) electrons. The zero-order valence-electron chi connectivity index (χ0n) is 9.18. The Balaban J connectivity index is 2.47. The van der Waals surface area contributed by atoms with Crippen LogP contribution in [0.4, 0.5) is 0 Å². The van der Waals surface area contributed by atoms with Gasteiger partial charge < -0.3 is 4.90 Å². The van der Waals surface area contributed by atoms with E-state index in [9.17, 15) is 4.79 Å². The molecular formula is C12H19NO. The Hall–Kier alpha value is -0.970. The van der Waals surface area contributed by atoms with E-state index >= 15 is 0 Å². The lowest BCUT2D eigenvalue weighted by Crippen LogP contribution is -2.39. The molecule has 1 heterocycles. The van der Waals surface area contributed by atoms with Crippen molar-refractivity contribution in [1.29, 1.82) is 0 Å². The second kappa shape index (κ2) is 5.70. The summed E-state index contributed by atoms with van der Waals surface area (Å²) in [7, 11) is 0.